The van der Waals surface area contributed by atoms with E-state index in [9.17, 15) is 8.42 Å². The molecule has 0 bridgehead atoms. The van der Waals surface area contributed by atoms with Gasteiger partial charge in [-0.15, -0.1) is 0 Å². The van der Waals surface area contributed by atoms with E-state index < -0.39 is 10.4 Å². The fourth-order valence-electron chi connectivity index (χ4n) is 0.494. The summed E-state index contributed by atoms with van der Waals surface area (Å²) in [4.78, 5) is 0. The van der Waals surface area contributed by atoms with Crippen LogP contribution in [-0.4, -0.2) is 34.7 Å². The molecule has 0 aliphatic carbocycles. The summed E-state index contributed by atoms with van der Waals surface area (Å²) < 4.78 is 30.6. The van der Waals surface area contributed by atoms with Crippen LogP contribution >= 0.6 is 0 Å². The van der Waals surface area contributed by atoms with Gasteiger partial charge in [0.05, 0.1) is 12.2 Å². The lowest BCUT2D eigenvalue weighted by atomic mass is 10.5. The van der Waals surface area contributed by atoms with Gasteiger partial charge in [-0.25, -0.2) is 8.37 Å². The summed E-state index contributed by atoms with van der Waals surface area (Å²) in [7, 11) is -0.0301. The van der Waals surface area contributed by atoms with Crippen LogP contribution in [0.5, 0.6) is 0 Å². The number of hydrogen-bond acceptors (Lipinski definition) is 5. The first kappa shape index (κ1) is 16.3. The average Bonchev–Trinajstić information content (AvgIpc) is 1.80. The summed E-state index contributed by atoms with van der Waals surface area (Å²) in [6, 6.07) is 0. The van der Waals surface area contributed by atoms with Gasteiger partial charge >= 0.3 is 10.4 Å². The van der Waals surface area contributed by atoms with Crippen LogP contribution in [0.2, 0.25) is 0 Å². The van der Waals surface area contributed by atoms with Crippen LogP contribution in [0, 0.1) is 0 Å². The van der Waals surface area contributed by atoms with E-state index in [1.54, 1.807) is 27.7 Å². The van der Waals surface area contributed by atoms with E-state index >= 15 is 0 Å². The van der Waals surface area contributed by atoms with Crippen LogP contribution in [0.3, 0.4) is 0 Å². The molecular formula is C8H21NO4S. The van der Waals surface area contributed by atoms with E-state index in [1.807, 2.05) is 14.1 Å². The van der Waals surface area contributed by atoms with Crippen LogP contribution < -0.4 is 5.32 Å². The van der Waals surface area contributed by atoms with Gasteiger partial charge in [0.15, 0.2) is 0 Å². The van der Waals surface area contributed by atoms with Crippen molar-refractivity contribution in [3.63, 3.8) is 0 Å². The van der Waals surface area contributed by atoms with Crippen molar-refractivity contribution in [3.8, 4) is 0 Å². The summed E-state index contributed by atoms with van der Waals surface area (Å²) in [5.41, 5.74) is 0. The Morgan fingerprint density at radius 1 is 0.929 bits per heavy atom. The molecule has 1 N–H and O–H groups in total. The second-order valence-corrected chi connectivity index (χ2v) is 4.40. The highest BCUT2D eigenvalue weighted by Crippen LogP contribution is 2.03. The van der Waals surface area contributed by atoms with E-state index in [-0.39, 0.29) is 12.2 Å². The van der Waals surface area contributed by atoms with E-state index in [2.05, 4.69) is 13.7 Å². The van der Waals surface area contributed by atoms with Gasteiger partial charge < -0.3 is 5.32 Å². The maximum absolute atomic E-state index is 10.8. The largest absolute Gasteiger partial charge is 0.400 e. The molecule has 0 spiro atoms. The Labute approximate surface area is 87.1 Å². The zero-order chi connectivity index (χ0) is 11.8. The molecule has 0 saturated carbocycles. The number of hydrogen-bond donors (Lipinski definition) is 1. The average molecular weight is 227 g/mol. The summed E-state index contributed by atoms with van der Waals surface area (Å²) >= 11 is 0. The molecule has 0 aromatic carbocycles. The molecule has 14 heavy (non-hydrogen) atoms. The van der Waals surface area contributed by atoms with Crippen LogP contribution in [0.1, 0.15) is 27.7 Å². The van der Waals surface area contributed by atoms with Crippen molar-refractivity contribution in [2.24, 2.45) is 0 Å². The fourth-order valence-corrected chi connectivity index (χ4v) is 1.48. The predicted molar refractivity (Wildman–Crippen MR) is 56.3 cm³/mol. The number of nitrogens with one attached hydrogen (secondary N) is 1. The highest BCUT2D eigenvalue weighted by atomic mass is 32.3. The van der Waals surface area contributed by atoms with E-state index in [0.717, 1.165) is 0 Å². The second-order valence-electron chi connectivity index (χ2n) is 3.20. The first-order valence-corrected chi connectivity index (χ1v) is 5.78. The van der Waals surface area contributed by atoms with Crippen molar-refractivity contribution in [1.29, 1.82) is 0 Å². The third-order valence-electron chi connectivity index (χ3n) is 0.621. The Kier molecular flexibility index (Phi) is 9.49. The standard InChI is InChI=1S/C6H14O4S.C2H7N/c1-5(2)9-11(7,8)10-6(3)4;1-3-2/h5-6H,1-4H3;3H,1-2H3. The molecule has 0 aliphatic rings. The SMILES string of the molecule is CC(C)OS(=O)(=O)OC(C)C.CNC. The Bertz CT molecular complexity index is 195. The minimum atomic E-state index is -3.78. The smallest absolute Gasteiger partial charge is 0.323 e. The van der Waals surface area contributed by atoms with E-state index in [0.29, 0.717) is 0 Å². The maximum Gasteiger partial charge on any atom is 0.400 e. The first-order valence-electron chi connectivity index (χ1n) is 4.45. The molecule has 6 heteroatoms. The fraction of sp³-hybridized carbons (Fsp3) is 1.00. The molecule has 0 amide bonds. The predicted octanol–water partition coefficient (Wildman–Crippen LogP) is 0.917. The van der Waals surface area contributed by atoms with Gasteiger partial charge in [-0.2, -0.15) is 8.42 Å². The Morgan fingerprint density at radius 2 is 1.14 bits per heavy atom. The Morgan fingerprint density at radius 3 is 1.29 bits per heavy atom. The topological polar surface area (TPSA) is 64.6 Å². The molecule has 0 atom stereocenters. The van der Waals surface area contributed by atoms with Gasteiger partial charge in [0.1, 0.15) is 0 Å². The van der Waals surface area contributed by atoms with Crippen molar-refractivity contribution >= 4 is 10.4 Å². The monoisotopic (exact) mass is 227 g/mol. The zero-order valence-corrected chi connectivity index (χ0v) is 10.5. The summed E-state index contributed by atoms with van der Waals surface area (Å²) in [6.45, 7) is 6.50. The van der Waals surface area contributed by atoms with Gasteiger partial charge in [0.2, 0.25) is 0 Å². The Hall–Kier alpha value is -0.170. The van der Waals surface area contributed by atoms with Gasteiger partial charge in [-0.1, -0.05) is 0 Å². The quantitative estimate of drug-likeness (QED) is 0.773. The lowest BCUT2D eigenvalue weighted by molar-refractivity contribution is 0.153. The molecule has 0 aliphatic heterocycles. The van der Waals surface area contributed by atoms with Crippen LogP contribution in [-0.2, 0) is 18.8 Å². The molecule has 0 fully saturated rings. The van der Waals surface area contributed by atoms with E-state index in [4.69, 9.17) is 0 Å². The molecule has 0 aromatic rings. The third-order valence-corrected chi connectivity index (χ3v) is 1.86. The normalized spacial score (nSPS) is 11.4. The van der Waals surface area contributed by atoms with Crippen molar-refractivity contribution < 1.29 is 16.8 Å². The summed E-state index contributed by atoms with van der Waals surface area (Å²) in [5.74, 6) is 0. The first-order chi connectivity index (χ1) is 6.25. The molecule has 0 saturated heterocycles. The Balaban J connectivity index is 0. The van der Waals surface area contributed by atoms with Gasteiger partial charge in [-0.3, -0.25) is 0 Å². The van der Waals surface area contributed by atoms with Crippen LogP contribution in [0.4, 0.5) is 0 Å². The number of rotatable bonds is 4. The van der Waals surface area contributed by atoms with Gasteiger partial charge in [0.25, 0.3) is 0 Å². The highest BCUT2D eigenvalue weighted by molar-refractivity contribution is 7.81. The van der Waals surface area contributed by atoms with Crippen molar-refractivity contribution in [2.75, 3.05) is 14.1 Å². The zero-order valence-electron chi connectivity index (χ0n) is 9.70. The summed E-state index contributed by atoms with van der Waals surface area (Å²) in [5, 5.41) is 2.75. The highest BCUT2D eigenvalue weighted by Gasteiger charge is 2.15. The molecule has 0 radical (unpaired) electrons. The molecular weight excluding hydrogens is 206 g/mol. The summed E-state index contributed by atoms with van der Waals surface area (Å²) in [6.07, 6.45) is -0.752. The molecule has 5 nitrogen and oxygen atoms in total. The van der Waals surface area contributed by atoms with Gasteiger partial charge in [-0.05, 0) is 41.8 Å². The third kappa shape index (κ3) is 14.4. The molecule has 0 rings (SSSR count). The van der Waals surface area contributed by atoms with Crippen molar-refractivity contribution in [3.05, 3.63) is 0 Å². The lowest BCUT2D eigenvalue weighted by Crippen LogP contribution is -2.18. The van der Waals surface area contributed by atoms with Crippen molar-refractivity contribution in [2.45, 2.75) is 39.9 Å². The van der Waals surface area contributed by atoms with Crippen LogP contribution in [0.15, 0.2) is 0 Å². The molecule has 0 unspecified atom stereocenters. The molecule has 88 valence electrons. The molecule has 0 heterocycles. The maximum atomic E-state index is 10.8. The minimum absolute atomic E-state index is 0.376. The second kappa shape index (κ2) is 8.16. The molecule has 0 aromatic heterocycles. The van der Waals surface area contributed by atoms with Gasteiger partial charge in [0, 0.05) is 0 Å². The lowest BCUT2D eigenvalue weighted by Gasteiger charge is -2.09. The minimum Gasteiger partial charge on any atom is -0.323 e. The van der Waals surface area contributed by atoms with Crippen LogP contribution in [0.25, 0.3) is 0 Å². The van der Waals surface area contributed by atoms with Crippen molar-refractivity contribution in [1.82, 2.24) is 5.32 Å². The van der Waals surface area contributed by atoms with E-state index in [1.165, 1.54) is 0 Å².